The van der Waals surface area contributed by atoms with Crippen LogP contribution in [0.4, 0.5) is 9.59 Å². The summed E-state index contributed by atoms with van der Waals surface area (Å²) in [6.45, 7) is 14.4. The van der Waals surface area contributed by atoms with E-state index in [0.717, 1.165) is 33.8 Å². The van der Waals surface area contributed by atoms with Gasteiger partial charge in [-0.1, -0.05) is 108 Å². The molecule has 4 N–H and O–H groups in total. The molecule has 3 heterocycles. The number of hydrogen-bond donors (Lipinski definition) is 4. The average Bonchev–Trinajstić information content (AvgIpc) is 3.54. The summed E-state index contributed by atoms with van der Waals surface area (Å²) >= 11 is 0. The van der Waals surface area contributed by atoms with Gasteiger partial charge in [-0.05, 0) is 72.4 Å². The molecule has 5 atom stereocenters. The van der Waals surface area contributed by atoms with Gasteiger partial charge >= 0.3 is 12.1 Å². The summed E-state index contributed by atoms with van der Waals surface area (Å²) in [6.07, 6.45) is 0.534. The second kappa shape index (κ2) is 20.0. The number of amides is 5. The van der Waals surface area contributed by atoms with Crippen molar-refractivity contribution in [3.8, 4) is 11.3 Å². The van der Waals surface area contributed by atoms with Crippen molar-refractivity contribution < 1.29 is 29.0 Å². The van der Waals surface area contributed by atoms with Gasteiger partial charge in [-0.3, -0.25) is 19.6 Å². The van der Waals surface area contributed by atoms with Crippen LogP contribution in [0.1, 0.15) is 70.5 Å². The van der Waals surface area contributed by atoms with Crippen LogP contribution in [-0.4, -0.2) is 99.3 Å². The van der Waals surface area contributed by atoms with Gasteiger partial charge < -0.3 is 35.6 Å². The first-order valence-electron chi connectivity index (χ1n) is 20.6. The van der Waals surface area contributed by atoms with Gasteiger partial charge in [0.1, 0.15) is 12.1 Å². The molecule has 5 amide bonds. The Bertz CT molecular complexity index is 2050. The van der Waals surface area contributed by atoms with E-state index in [1.54, 1.807) is 16.0 Å². The first-order chi connectivity index (χ1) is 28.4. The molecule has 0 saturated carbocycles. The van der Waals surface area contributed by atoms with Crippen molar-refractivity contribution in [2.75, 3.05) is 20.2 Å². The normalized spacial score (nSPS) is 15.7. The van der Waals surface area contributed by atoms with Crippen molar-refractivity contribution in [1.29, 1.82) is 0 Å². The van der Waals surface area contributed by atoms with Crippen molar-refractivity contribution in [2.45, 2.75) is 105 Å². The second-order valence-corrected chi connectivity index (χ2v) is 17.8. The lowest BCUT2D eigenvalue weighted by atomic mass is 9.84. The van der Waals surface area contributed by atoms with Crippen LogP contribution in [0.3, 0.4) is 0 Å². The van der Waals surface area contributed by atoms with Gasteiger partial charge in [0, 0.05) is 36.6 Å². The molecule has 0 spiro atoms. The fourth-order valence-electron chi connectivity index (χ4n) is 7.70. The topological polar surface area (TPSA) is 166 Å². The zero-order valence-corrected chi connectivity index (χ0v) is 36.1. The van der Waals surface area contributed by atoms with Crippen LogP contribution in [0.2, 0.25) is 0 Å². The van der Waals surface area contributed by atoms with E-state index in [1.165, 1.54) is 7.11 Å². The van der Waals surface area contributed by atoms with E-state index in [4.69, 9.17) is 4.74 Å². The maximum atomic E-state index is 14.7. The van der Waals surface area contributed by atoms with Crippen LogP contribution in [0.25, 0.3) is 11.3 Å². The number of aryl methyl sites for hydroxylation is 1. The SMILES string of the molecule is COC(=O)NC(C(=O)NC(Cc1ccccc1)C(O)CC(Cc1ccc(-c2ccccn2)cc1)NC(=O)C(N1CCN(Cc2cccc(C)n2)C1=O)C(C)(C)C)C(C)(C)C. The standard InChI is InChI=1S/C47H61N7O6/c1-31-15-14-18-35(49-31)30-53-25-26-54(45(53)59)41(47(5,6)7)43(57)50-36(27-33-20-22-34(23-21-33)37-19-12-13-24-48-37)29-39(55)38(28-32-16-10-9-11-17-32)51-42(56)40(46(2,3)4)52-44(58)60-8/h9-24,36,38-41,55H,25-30H2,1-8H3,(H,50,57)(H,51,56)(H,52,58). The van der Waals surface area contributed by atoms with Crippen molar-refractivity contribution in [3.63, 3.8) is 0 Å². The molecule has 0 aliphatic carbocycles. The van der Waals surface area contributed by atoms with Crippen LogP contribution in [-0.2, 0) is 33.7 Å². The van der Waals surface area contributed by atoms with E-state index in [2.05, 4.69) is 25.9 Å². The molecule has 1 fully saturated rings. The predicted molar refractivity (Wildman–Crippen MR) is 232 cm³/mol. The van der Waals surface area contributed by atoms with E-state index in [1.807, 2.05) is 139 Å². The summed E-state index contributed by atoms with van der Waals surface area (Å²) in [5.41, 5.74) is 3.85. The number of carbonyl (C=O) groups excluding carboxylic acids is 4. The van der Waals surface area contributed by atoms with Gasteiger partial charge in [-0.25, -0.2) is 9.59 Å². The summed E-state index contributed by atoms with van der Waals surface area (Å²) in [5.74, 6) is -0.822. The van der Waals surface area contributed by atoms with Crippen molar-refractivity contribution in [2.24, 2.45) is 10.8 Å². The number of aliphatic hydroxyl groups is 1. The minimum absolute atomic E-state index is 0.0616. The number of methoxy groups -OCH3 is 1. The largest absolute Gasteiger partial charge is 0.453 e. The molecule has 1 saturated heterocycles. The maximum absolute atomic E-state index is 14.7. The molecule has 320 valence electrons. The number of urea groups is 1. The summed E-state index contributed by atoms with van der Waals surface area (Å²) in [5, 5.41) is 21.1. The predicted octanol–water partition coefficient (Wildman–Crippen LogP) is 6.08. The van der Waals surface area contributed by atoms with Gasteiger partial charge in [-0.2, -0.15) is 0 Å². The lowest BCUT2D eigenvalue weighted by Gasteiger charge is -2.38. The second-order valence-electron chi connectivity index (χ2n) is 17.8. The molecule has 60 heavy (non-hydrogen) atoms. The van der Waals surface area contributed by atoms with Gasteiger partial charge in [0.05, 0.1) is 37.2 Å². The molecular weight excluding hydrogens is 759 g/mol. The lowest BCUT2D eigenvalue weighted by Crippen LogP contribution is -2.59. The number of carbonyl (C=O) groups is 4. The number of hydrogen-bond acceptors (Lipinski definition) is 8. The molecule has 1 aliphatic heterocycles. The molecule has 13 nitrogen and oxygen atoms in total. The zero-order chi connectivity index (χ0) is 43.6. The zero-order valence-electron chi connectivity index (χ0n) is 36.1. The van der Waals surface area contributed by atoms with E-state index >= 15 is 0 Å². The number of ether oxygens (including phenoxy) is 1. The fraction of sp³-hybridized carbons (Fsp3) is 0.447. The van der Waals surface area contributed by atoms with E-state index in [-0.39, 0.29) is 24.8 Å². The van der Waals surface area contributed by atoms with Crippen LogP contribution in [0.5, 0.6) is 0 Å². The highest BCUT2D eigenvalue weighted by atomic mass is 16.5. The molecule has 2 aromatic heterocycles. The van der Waals surface area contributed by atoms with Gasteiger partial charge in [0.25, 0.3) is 0 Å². The molecular formula is C47H61N7O6. The quantitative estimate of drug-likeness (QED) is 0.106. The summed E-state index contributed by atoms with van der Waals surface area (Å²) in [7, 11) is 1.23. The smallest absolute Gasteiger partial charge is 0.407 e. The number of aliphatic hydroxyl groups excluding tert-OH is 1. The minimum Gasteiger partial charge on any atom is -0.453 e. The highest BCUT2D eigenvalue weighted by Gasteiger charge is 2.44. The Morgan fingerprint density at radius 1 is 0.783 bits per heavy atom. The molecule has 2 aromatic carbocycles. The Balaban J connectivity index is 1.43. The number of aromatic nitrogens is 2. The highest BCUT2D eigenvalue weighted by molar-refractivity contribution is 5.89. The van der Waals surface area contributed by atoms with Crippen LogP contribution in [0.15, 0.2) is 97.2 Å². The monoisotopic (exact) mass is 819 g/mol. The Kier molecular flexibility index (Phi) is 15.1. The highest BCUT2D eigenvalue weighted by Crippen LogP contribution is 2.29. The molecule has 5 rings (SSSR count). The molecule has 4 aromatic rings. The summed E-state index contributed by atoms with van der Waals surface area (Å²) < 4.78 is 4.82. The molecule has 1 aliphatic rings. The number of nitrogens with zero attached hydrogens (tertiary/aromatic N) is 4. The third-order valence-electron chi connectivity index (χ3n) is 10.7. The Morgan fingerprint density at radius 3 is 2.08 bits per heavy atom. The lowest BCUT2D eigenvalue weighted by molar-refractivity contribution is -0.130. The number of rotatable bonds is 16. The number of benzene rings is 2. The fourth-order valence-corrected chi connectivity index (χ4v) is 7.70. The first kappa shape index (κ1) is 45.3. The summed E-state index contributed by atoms with van der Waals surface area (Å²) in [4.78, 5) is 67.4. The molecule has 0 radical (unpaired) electrons. The Labute approximate surface area is 354 Å². The van der Waals surface area contributed by atoms with Gasteiger partial charge in [0.15, 0.2) is 0 Å². The molecule has 0 bridgehead atoms. The maximum Gasteiger partial charge on any atom is 0.407 e. The van der Waals surface area contributed by atoms with E-state index < -0.39 is 53.1 Å². The van der Waals surface area contributed by atoms with Crippen LogP contribution >= 0.6 is 0 Å². The van der Waals surface area contributed by atoms with Crippen molar-refractivity contribution >= 4 is 23.9 Å². The van der Waals surface area contributed by atoms with Crippen molar-refractivity contribution in [1.82, 2.24) is 35.7 Å². The molecule has 13 heteroatoms. The van der Waals surface area contributed by atoms with Gasteiger partial charge in [-0.15, -0.1) is 0 Å². The number of alkyl carbamates (subject to hydrolysis) is 1. The first-order valence-corrected chi connectivity index (χ1v) is 20.6. The van der Waals surface area contributed by atoms with Gasteiger partial charge in [0.2, 0.25) is 11.8 Å². The minimum atomic E-state index is -1.15. The average molecular weight is 820 g/mol. The Hall–Kier alpha value is -5.82. The van der Waals surface area contributed by atoms with Crippen molar-refractivity contribution in [3.05, 3.63) is 120 Å². The Morgan fingerprint density at radius 2 is 1.47 bits per heavy atom. The van der Waals surface area contributed by atoms with E-state index in [9.17, 15) is 24.3 Å². The third-order valence-corrected chi connectivity index (χ3v) is 10.7. The van der Waals surface area contributed by atoms with E-state index in [0.29, 0.717) is 26.1 Å². The van der Waals surface area contributed by atoms with Crippen LogP contribution in [0, 0.1) is 17.8 Å². The number of pyridine rings is 2. The van der Waals surface area contributed by atoms with Crippen LogP contribution < -0.4 is 16.0 Å². The third kappa shape index (κ3) is 12.4. The molecule has 5 unspecified atom stereocenters. The number of nitrogens with one attached hydrogen (secondary N) is 3. The summed E-state index contributed by atoms with van der Waals surface area (Å²) in [6, 6.07) is 25.4.